The fraction of sp³-hybridized carbons (Fsp3) is 0.588. The molecule has 25 heavy (non-hydrogen) atoms. The molecule has 8 heteroatoms. The van der Waals surface area contributed by atoms with Gasteiger partial charge in [-0.2, -0.15) is 5.10 Å². The van der Waals surface area contributed by atoms with E-state index in [0.29, 0.717) is 0 Å². The Labute approximate surface area is 147 Å². The zero-order valence-electron chi connectivity index (χ0n) is 15.1. The topological polar surface area (TPSA) is 79.4 Å². The number of nitrogens with one attached hydrogen (secondary N) is 1. The highest BCUT2D eigenvalue weighted by Crippen LogP contribution is 2.15. The van der Waals surface area contributed by atoms with Crippen molar-refractivity contribution in [3.05, 3.63) is 30.3 Å². The van der Waals surface area contributed by atoms with Gasteiger partial charge in [0.25, 0.3) is 0 Å². The second kappa shape index (κ2) is 7.79. The molecule has 1 amide bonds. The van der Waals surface area contributed by atoms with E-state index >= 15 is 0 Å². The van der Waals surface area contributed by atoms with E-state index in [-0.39, 0.29) is 18.0 Å². The quantitative estimate of drug-likeness (QED) is 0.856. The smallest absolute Gasteiger partial charge is 0.242 e. The number of rotatable bonds is 6. The van der Waals surface area contributed by atoms with Crippen molar-refractivity contribution < 1.29 is 9.32 Å². The van der Waals surface area contributed by atoms with Gasteiger partial charge in [0.1, 0.15) is 12.1 Å². The minimum Gasteiger partial charge on any atom is -0.364 e. The molecule has 0 aromatic carbocycles. The molecule has 0 bridgehead atoms. The lowest BCUT2D eigenvalue weighted by molar-refractivity contribution is -0.121. The Hall–Kier alpha value is -2.19. The van der Waals surface area contributed by atoms with Crippen molar-refractivity contribution in [1.82, 2.24) is 24.7 Å². The fourth-order valence-electron chi connectivity index (χ4n) is 3.08. The molecule has 0 aliphatic carbocycles. The van der Waals surface area contributed by atoms with Gasteiger partial charge in [0.05, 0.1) is 17.9 Å². The molecule has 3 rings (SSSR count). The number of piperazine rings is 1. The van der Waals surface area contributed by atoms with Gasteiger partial charge in [-0.3, -0.25) is 14.6 Å². The Morgan fingerprint density at radius 2 is 2.00 bits per heavy atom. The molecule has 1 aliphatic heterocycles. The summed E-state index contributed by atoms with van der Waals surface area (Å²) >= 11 is 0. The molecule has 0 saturated carbocycles. The zero-order chi connectivity index (χ0) is 17.8. The van der Waals surface area contributed by atoms with Crippen LogP contribution in [0.15, 0.2) is 29.1 Å². The number of carbonyl (C=O) groups is 1. The largest absolute Gasteiger partial charge is 0.364 e. The molecule has 8 nitrogen and oxygen atoms in total. The van der Waals surface area contributed by atoms with Gasteiger partial charge >= 0.3 is 0 Å². The Morgan fingerprint density at radius 1 is 1.24 bits per heavy atom. The minimum atomic E-state index is -0.176. The van der Waals surface area contributed by atoms with Crippen LogP contribution in [0, 0.1) is 0 Å². The summed E-state index contributed by atoms with van der Waals surface area (Å²) in [7, 11) is 0. The van der Waals surface area contributed by atoms with Gasteiger partial charge < -0.3 is 9.84 Å². The molecule has 3 heterocycles. The van der Waals surface area contributed by atoms with E-state index in [9.17, 15) is 4.79 Å². The van der Waals surface area contributed by atoms with Crippen molar-refractivity contribution in [1.29, 1.82) is 0 Å². The van der Waals surface area contributed by atoms with Gasteiger partial charge in [-0.25, -0.2) is 4.68 Å². The van der Waals surface area contributed by atoms with Gasteiger partial charge in [0.2, 0.25) is 5.91 Å². The standard InChI is InChI=1S/C17H26N6O2/c1-13(2)23-16(4-6-18-23)19-17(24)14(3)22-9-7-21(8-10-22)12-15-5-11-25-20-15/h4-6,11,13-14H,7-10,12H2,1-3H3,(H,19,24). The fourth-order valence-corrected chi connectivity index (χ4v) is 3.08. The van der Waals surface area contributed by atoms with Crippen LogP contribution in [0.4, 0.5) is 5.82 Å². The van der Waals surface area contributed by atoms with Crippen molar-refractivity contribution in [2.45, 2.75) is 39.4 Å². The van der Waals surface area contributed by atoms with E-state index in [1.807, 2.05) is 37.6 Å². The third-order valence-corrected chi connectivity index (χ3v) is 4.62. The maximum absolute atomic E-state index is 12.6. The molecule has 136 valence electrons. The van der Waals surface area contributed by atoms with Crippen LogP contribution in [0.25, 0.3) is 0 Å². The monoisotopic (exact) mass is 346 g/mol. The number of hydrogen-bond donors (Lipinski definition) is 1. The van der Waals surface area contributed by atoms with E-state index in [2.05, 4.69) is 25.4 Å². The van der Waals surface area contributed by atoms with E-state index in [0.717, 1.165) is 44.2 Å². The van der Waals surface area contributed by atoms with Crippen LogP contribution >= 0.6 is 0 Å². The molecule has 0 spiro atoms. The first-order chi connectivity index (χ1) is 12.0. The Bertz CT molecular complexity index is 673. The lowest BCUT2D eigenvalue weighted by Crippen LogP contribution is -2.52. The first-order valence-corrected chi connectivity index (χ1v) is 8.74. The van der Waals surface area contributed by atoms with Crippen LogP contribution in [-0.4, -0.2) is 62.9 Å². The number of carbonyl (C=O) groups excluding carboxylic acids is 1. The highest BCUT2D eigenvalue weighted by molar-refractivity contribution is 5.93. The number of anilines is 1. The molecule has 0 radical (unpaired) electrons. The molecule has 1 N–H and O–H groups in total. The van der Waals surface area contributed by atoms with E-state index < -0.39 is 0 Å². The maximum atomic E-state index is 12.6. The molecule has 1 saturated heterocycles. The Kier molecular flexibility index (Phi) is 5.50. The zero-order valence-corrected chi connectivity index (χ0v) is 15.1. The Morgan fingerprint density at radius 3 is 2.64 bits per heavy atom. The number of amides is 1. The first-order valence-electron chi connectivity index (χ1n) is 8.74. The van der Waals surface area contributed by atoms with Gasteiger partial charge in [-0.15, -0.1) is 0 Å². The van der Waals surface area contributed by atoms with Crippen LogP contribution in [0.3, 0.4) is 0 Å². The van der Waals surface area contributed by atoms with Gasteiger partial charge in [0.15, 0.2) is 0 Å². The molecular formula is C17H26N6O2. The predicted octanol–water partition coefficient (Wildman–Crippen LogP) is 1.60. The molecular weight excluding hydrogens is 320 g/mol. The second-order valence-corrected chi connectivity index (χ2v) is 6.72. The van der Waals surface area contributed by atoms with Crippen LogP contribution in [0.5, 0.6) is 0 Å². The molecule has 1 unspecified atom stereocenters. The average molecular weight is 346 g/mol. The summed E-state index contributed by atoms with van der Waals surface area (Å²) in [6, 6.07) is 3.76. The number of aromatic nitrogens is 3. The summed E-state index contributed by atoms with van der Waals surface area (Å²) in [5, 5.41) is 11.2. The van der Waals surface area contributed by atoms with E-state index in [1.54, 1.807) is 12.5 Å². The second-order valence-electron chi connectivity index (χ2n) is 6.72. The summed E-state index contributed by atoms with van der Waals surface area (Å²) in [6.45, 7) is 10.4. The lowest BCUT2D eigenvalue weighted by Gasteiger charge is -2.37. The van der Waals surface area contributed by atoms with Gasteiger partial charge in [0, 0.05) is 50.9 Å². The van der Waals surface area contributed by atoms with Gasteiger partial charge in [-0.1, -0.05) is 5.16 Å². The summed E-state index contributed by atoms with van der Waals surface area (Å²) in [4.78, 5) is 17.1. The molecule has 2 aromatic rings. The summed E-state index contributed by atoms with van der Waals surface area (Å²) in [5.74, 6) is 0.754. The molecule has 1 aliphatic rings. The summed E-state index contributed by atoms with van der Waals surface area (Å²) in [6.07, 6.45) is 3.31. The number of nitrogens with zero attached hydrogens (tertiary/aromatic N) is 5. The minimum absolute atomic E-state index is 0.00681. The molecule has 1 atom stereocenters. The third kappa shape index (κ3) is 4.26. The normalized spacial score (nSPS) is 17.8. The van der Waals surface area contributed by atoms with Crippen LogP contribution < -0.4 is 5.32 Å². The van der Waals surface area contributed by atoms with Crippen molar-refractivity contribution in [2.75, 3.05) is 31.5 Å². The van der Waals surface area contributed by atoms with Crippen LogP contribution in [0.2, 0.25) is 0 Å². The van der Waals surface area contributed by atoms with Gasteiger partial charge in [-0.05, 0) is 20.8 Å². The predicted molar refractivity (Wildman–Crippen MR) is 94.1 cm³/mol. The van der Waals surface area contributed by atoms with E-state index in [4.69, 9.17) is 4.52 Å². The SMILES string of the molecule is CC(C(=O)Nc1ccnn1C(C)C)N1CCN(Cc2ccon2)CC1. The number of hydrogen-bond acceptors (Lipinski definition) is 6. The maximum Gasteiger partial charge on any atom is 0.242 e. The van der Waals surface area contributed by atoms with Crippen LogP contribution in [-0.2, 0) is 11.3 Å². The van der Waals surface area contributed by atoms with E-state index in [1.165, 1.54) is 0 Å². The summed E-state index contributed by atoms with van der Waals surface area (Å²) in [5.41, 5.74) is 0.946. The Balaban J connectivity index is 1.50. The van der Waals surface area contributed by atoms with Crippen LogP contribution in [0.1, 0.15) is 32.5 Å². The van der Waals surface area contributed by atoms with Crippen molar-refractivity contribution in [3.8, 4) is 0 Å². The highest BCUT2D eigenvalue weighted by Gasteiger charge is 2.26. The summed E-state index contributed by atoms with van der Waals surface area (Å²) < 4.78 is 6.70. The highest BCUT2D eigenvalue weighted by atomic mass is 16.5. The lowest BCUT2D eigenvalue weighted by atomic mass is 10.2. The van der Waals surface area contributed by atoms with Crippen molar-refractivity contribution in [3.63, 3.8) is 0 Å². The van der Waals surface area contributed by atoms with Crippen molar-refractivity contribution in [2.24, 2.45) is 0 Å². The molecule has 2 aromatic heterocycles. The van der Waals surface area contributed by atoms with Crippen molar-refractivity contribution >= 4 is 11.7 Å². The molecule has 1 fully saturated rings. The average Bonchev–Trinajstić information content (AvgIpc) is 3.26. The third-order valence-electron chi connectivity index (χ3n) is 4.62. The first kappa shape index (κ1) is 17.6.